The number of ether oxygens (including phenoxy) is 2. The van der Waals surface area contributed by atoms with Gasteiger partial charge < -0.3 is 9.47 Å². The Bertz CT molecular complexity index is 331. The summed E-state index contributed by atoms with van der Waals surface area (Å²) in [5.41, 5.74) is 0. The molecule has 0 unspecified atom stereocenters. The van der Waals surface area contributed by atoms with Gasteiger partial charge in [0.15, 0.2) is 0 Å². The quantitative estimate of drug-likeness (QED) is 0.765. The first-order chi connectivity index (χ1) is 7.86. The predicted molar refractivity (Wildman–Crippen MR) is 63.7 cm³/mol. The summed E-state index contributed by atoms with van der Waals surface area (Å²) >= 11 is 0. The highest BCUT2D eigenvalue weighted by atomic mass is 16.5. The number of hydrogen-bond acceptors (Lipinski definition) is 2. The van der Waals surface area contributed by atoms with Crippen LogP contribution in [0.15, 0.2) is 48.5 Å². The average molecular weight is 214 g/mol. The van der Waals surface area contributed by atoms with Gasteiger partial charge in [-0.2, -0.15) is 0 Å². The van der Waals surface area contributed by atoms with Crippen molar-refractivity contribution in [1.29, 1.82) is 0 Å². The van der Waals surface area contributed by atoms with Gasteiger partial charge in [-0.15, -0.1) is 0 Å². The summed E-state index contributed by atoms with van der Waals surface area (Å²) in [5, 5.41) is 0. The van der Waals surface area contributed by atoms with Gasteiger partial charge in [-0.05, 0) is 12.1 Å². The minimum atomic E-state index is 0.785. The monoisotopic (exact) mass is 214 g/mol. The number of para-hydroxylation sites is 2. The lowest BCUT2D eigenvalue weighted by atomic mass is 10.3. The van der Waals surface area contributed by atoms with Gasteiger partial charge in [-0.1, -0.05) is 36.4 Å². The van der Waals surface area contributed by atoms with Gasteiger partial charge in [-0.25, -0.2) is 0 Å². The van der Waals surface area contributed by atoms with E-state index in [1.54, 1.807) is 14.2 Å². The lowest BCUT2D eigenvalue weighted by Crippen LogP contribution is -1.79. The van der Waals surface area contributed by atoms with E-state index in [4.69, 9.17) is 9.47 Å². The second kappa shape index (κ2) is 7.35. The first kappa shape index (κ1) is 12.1. The molecule has 2 nitrogen and oxygen atoms in total. The fourth-order valence-corrected chi connectivity index (χ4v) is 1.01. The Hall–Kier alpha value is -1.96. The van der Waals surface area contributed by atoms with Gasteiger partial charge in [0, 0.05) is 12.1 Å². The Morgan fingerprint density at radius 1 is 0.750 bits per heavy atom. The van der Waals surface area contributed by atoms with Crippen LogP contribution in [0.2, 0.25) is 0 Å². The van der Waals surface area contributed by atoms with Crippen molar-refractivity contribution in [1.82, 2.24) is 0 Å². The summed E-state index contributed by atoms with van der Waals surface area (Å²) in [4.78, 5) is 0. The van der Waals surface area contributed by atoms with E-state index in [0.717, 1.165) is 11.5 Å². The largest absolute Gasteiger partial charge is 0.496 e. The molecule has 2 aromatic carbocycles. The van der Waals surface area contributed by atoms with Crippen LogP contribution in [-0.2, 0) is 0 Å². The molecule has 0 fully saturated rings. The number of rotatable bonds is 2. The highest BCUT2D eigenvalue weighted by Gasteiger charge is 1.82. The molecule has 0 N–H and O–H groups in total. The maximum absolute atomic E-state index is 4.86. The van der Waals surface area contributed by atoms with Crippen molar-refractivity contribution in [3.8, 4) is 11.5 Å². The third-order valence-corrected chi connectivity index (χ3v) is 1.80. The maximum Gasteiger partial charge on any atom is 0.126 e. The van der Waals surface area contributed by atoms with Crippen LogP contribution in [0.1, 0.15) is 0 Å². The molecular weight excluding hydrogens is 200 g/mol. The molecule has 0 heterocycles. The molecule has 16 heavy (non-hydrogen) atoms. The molecule has 0 saturated heterocycles. The topological polar surface area (TPSA) is 18.5 Å². The number of benzene rings is 2. The van der Waals surface area contributed by atoms with E-state index >= 15 is 0 Å². The Morgan fingerprint density at radius 2 is 1.19 bits per heavy atom. The molecule has 0 bridgehead atoms. The van der Waals surface area contributed by atoms with E-state index in [1.165, 1.54) is 0 Å². The van der Waals surface area contributed by atoms with E-state index in [1.807, 2.05) is 48.5 Å². The summed E-state index contributed by atoms with van der Waals surface area (Å²) in [6.07, 6.45) is 0. The van der Waals surface area contributed by atoms with Crippen LogP contribution >= 0.6 is 0 Å². The van der Waals surface area contributed by atoms with Gasteiger partial charge in [0.05, 0.1) is 14.2 Å². The van der Waals surface area contributed by atoms with Crippen LogP contribution in [0.5, 0.6) is 11.5 Å². The maximum atomic E-state index is 4.86. The molecule has 2 aromatic rings. The molecule has 0 aliphatic carbocycles. The molecule has 0 atom stereocenters. The molecule has 2 rings (SSSR count). The zero-order chi connectivity index (χ0) is 11.6. The molecule has 82 valence electrons. The molecule has 0 aliphatic rings. The van der Waals surface area contributed by atoms with Gasteiger partial charge in [-0.3, -0.25) is 0 Å². The molecule has 2 heteroatoms. The Balaban J connectivity index is 0.000000160. The Labute approximate surface area is 96.5 Å². The minimum absolute atomic E-state index is 0.785. The fraction of sp³-hybridized carbons (Fsp3) is 0.143. The molecule has 2 radical (unpaired) electrons. The summed E-state index contributed by atoms with van der Waals surface area (Å²) in [6, 6.07) is 20.8. The third-order valence-electron chi connectivity index (χ3n) is 1.80. The van der Waals surface area contributed by atoms with Gasteiger partial charge >= 0.3 is 0 Å². The SMILES string of the molecule is COc1[c]cccc1.COc1[c]cccc1. The van der Waals surface area contributed by atoms with Gasteiger partial charge in [0.1, 0.15) is 11.5 Å². The van der Waals surface area contributed by atoms with Crippen molar-refractivity contribution in [3.63, 3.8) is 0 Å². The normalized spacial score (nSPS) is 8.62. The molecule has 0 saturated carbocycles. The van der Waals surface area contributed by atoms with Crippen molar-refractivity contribution < 1.29 is 9.47 Å². The minimum Gasteiger partial charge on any atom is -0.496 e. The summed E-state index contributed by atoms with van der Waals surface area (Å²) < 4.78 is 9.72. The van der Waals surface area contributed by atoms with Crippen LogP contribution in [-0.4, -0.2) is 14.2 Å². The Morgan fingerprint density at radius 3 is 1.38 bits per heavy atom. The lowest BCUT2D eigenvalue weighted by molar-refractivity contribution is 0.414. The van der Waals surface area contributed by atoms with Crippen LogP contribution < -0.4 is 9.47 Å². The average Bonchev–Trinajstić information content (AvgIpc) is 2.41. The predicted octanol–water partition coefficient (Wildman–Crippen LogP) is 2.99. The van der Waals surface area contributed by atoms with Crippen LogP contribution in [0.3, 0.4) is 0 Å². The van der Waals surface area contributed by atoms with E-state index < -0.39 is 0 Å². The second-order valence-corrected chi connectivity index (χ2v) is 2.86. The first-order valence-corrected chi connectivity index (χ1v) is 4.88. The van der Waals surface area contributed by atoms with E-state index in [-0.39, 0.29) is 0 Å². The summed E-state index contributed by atoms with van der Waals surface area (Å²) in [6.45, 7) is 0. The Kier molecular flexibility index (Phi) is 5.56. The number of hydrogen-bond donors (Lipinski definition) is 0. The van der Waals surface area contributed by atoms with E-state index in [2.05, 4.69) is 12.1 Å². The van der Waals surface area contributed by atoms with Crippen molar-refractivity contribution in [3.05, 3.63) is 60.7 Å². The molecule has 0 aromatic heterocycles. The lowest BCUT2D eigenvalue weighted by Gasteiger charge is -1.93. The van der Waals surface area contributed by atoms with E-state index in [0.29, 0.717) is 0 Å². The molecule has 0 amide bonds. The third kappa shape index (κ3) is 4.51. The highest BCUT2D eigenvalue weighted by molar-refractivity contribution is 5.19. The zero-order valence-electron chi connectivity index (χ0n) is 9.44. The van der Waals surface area contributed by atoms with Crippen LogP contribution in [0.4, 0.5) is 0 Å². The van der Waals surface area contributed by atoms with Crippen LogP contribution in [0.25, 0.3) is 0 Å². The summed E-state index contributed by atoms with van der Waals surface area (Å²) in [7, 11) is 3.26. The molecule has 0 aliphatic heterocycles. The van der Waals surface area contributed by atoms with Crippen molar-refractivity contribution in [2.45, 2.75) is 0 Å². The zero-order valence-corrected chi connectivity index (χ0v) is 9.44. The second-order valence-electron chi connectivity index (χ2n) is 2.86. The smallest absolute Gasteiger partial charge is 0.126 e. The number of methoxy groups -OCH3 is 2. The first-order valence-electron chi connectivity index (χ1n) is 4.88. The van der Waals surface area contributed by atoms with Gasteiger partial charge in [0.2, 0.25) is 0 Å². The van der Waals surface area contributed by atoms with Crippen molar-refractivity contribution in [2.75, 3.05) is 14.2 Å². The van der Waals surface area contributed by atoms with Crippen molar-refractivity contribution in [2.24, 2.45) is 0 Å². The van der Waals surface area contributed by atoms with E-state index in [9.17, 15) is 0 Å². The standard InChI is InChI=1S/2C7H7O/c2*1-8-7-5-3-2-4-6-7/h2*2-5H,1H3. The highest BCUT2D eigenvalue weighted by Crippen LogP contribution is 2.05. The molecule has 0 spiro atoms. The van der Waals surface area contributed by atoms with Crippen LogP contribution in [0, 0.1) is 12.1 Å². The van der Waals surface area contributed by atoms with Gasteiger partial charge in [0.25, 0.3) is 0 Å². The fourth-order valence-electron chi connectivity index (χ4n) is 1.01. The summed E-state index contributed by atoms with van der Waals surface area (Å²) in [5.74, 6) is 1.57. The molecular formula is C14H14O2. The van der Waals surface area contributed by atoms with Crippen molar-refractivity contribution >= 4 is 0 Å².